The summed E-state index contributed by atoms with van der Waals surface area (Å²) < 4.78 is 0. The van der Waals surface area contributed by atoms with Crippen molar-refractivity contribution in [3.63, 3.8) is 0 Å². The van der Waals surface area contributed by atoms with Crippen LogP contribution in [-0.4, -0.2) is 11.7 Å². The molecule has 0 spiro atoms. The number of aliphatic hydroxyl groups is 1. The van der Waals surface area contributed by atoms with Gasteiger partial charge < -0.3 is 10.4 Å². The smallest absolute Gasteiger partial charge is 0.0745 e. The van der Waals surface area contributed by atoms with E-state index in [2.05, 4.69) is 43.4 Å². The highest BCUT2D eigenvalue weighted by atomic mass is 35.5. The predicted molar refractivity (Wildman–Crippen MR) is 89.9 cm³/mol. The van der Waals surface area contributed by atoms with Crippen LogP contribution in [0.3, 0.4) is 0 Å². The maximum absolute atomic E-state index is 9.64. The molecule has 3 heteroatoms. The van der Waals surface area contributed by atoms with E-state index in [9.17, 15) is 5.11 Å². The number of rotatable bonds is 6. The van der Waals surface area contributed by atoms with Crippen LogP contribution in [0.5, 0.6) is 0 Å². The molecule has 112 valence electrons. The van der Waals surface area contributed by atoms with E-state index in [1.165, 1.54) is 5.56 Å². The number of para-hydroxylation sites is 1. The average Bonchev–Trinajstić information content (AvgIpc) is 2.47. The third kappa shape index (κ3) is 4.48. The molecule has 2 aromatic carbocycles. The van der Waals surface area contributed by atoms with Crippen molar-refractivity contribution < 1.29 is 5.11 Å². The minimum Gasteiger partial charge on any atom is -0.394 e. The van der Waals surface area contributed by atoms with Gasteiger partial charge >= 0.3 is 0 Å². The lowest BCUT2D eigenvalue weighted by Crippen LogP contribution is -2.15. The predicted octanol–water partition coefficient (Wildman–Crippen LogP) is 4.68. The van der Waals surface area contributed by atoms with E-state index in [0.717, 1.165) is 17.7 Å². The van der Waals surface area contributed by atoms with Crippen LogP contribution in [0.2, 0.25) is 5.02 Å². The second kappa shape index (κ2) is 7.48. The lowest BCUT2D eigenvalue weighted by molar-refractivity contribution is 0.276. The fourth-order valence-corrected chi connectivity index (χ4v) is 2.55. The van der Waals surface area contributed by atoms with Gasteiger partial charge in [0.05, 0.1) is 23.4 Å². The van der Waals surface area contributed by atoms with Crippen molar-refractivity contribution in [2.45, 2.75) is 26.3 Å². The first-order chi connectivity index (χ1) is 10.1. The van der Waals surface area contributed by atoms with Gasteiger partial charge in [-0.2, -0.15) is 0 Å². The topological polar surface area (TPSA) is 32.3 Å². The third-order valence-electron chi connectivity index (χ3n) is 3.41. The van der Waals surface area contributed by atoms with Gasteiger partial charge in [-0.1, -0.05) is 61.8 Å². The number of benzene rings is 2. The number of anilines is 1. The summed E-state index contributed by atoms with van der Waals surface area (Å²) in [7, 11) is 0. The number of halogens is 1. The molecule has 0 aliphatic carbocycles. The maximum atomic E-state index is 9.64. The fraction of sp³-hybridized carbons (Fsp3) is 0.333. The number of aliphatic hydroxyl groups excluding tert-OH is 1. The van der Waals surface area contributed by atoms with E-state index in [4.69, 9.17) is 11.6 Å². The van der Waals surface area contributed by atoms with Crippen LogP contribution in [0.25, 0.3) is 0 Å². The van der Waals surface area contributed by atoms with Crippen molar-refractivity contribution in [3.05, 3.63) is 64.7 Å². The zero-order valence-corrected chi connectivity index (χ0v) is 13.3. The minimum absolute atomic E-state index is 0.0226. The monoisotopic (exact) mass is 303 g/mol. The summed E-state index contributed by atoms with van der Waals surface area (Å²) in [4.78, 5) is 0. The molecule has 0 fully saturated rings. The van der Waals surface area contributed by atoms with E-state index >= 15 is 0 Å². The highest BCUT2D eigenvalue weighted by Gasteiger charge is 2.11. The number of hydrogen-bond donors (Lipinski definition) is 2. The lowest BCUT2D eigenvalue weighted by atomic mass is 9.99. The zero-order chi connectivity index (χ0) is 15.2. The van der Waals surface area contributed by atoms with Gasteiger partial charge in [-0.15, -0.1) is 0 Å². The van der Waals surface area contributed by atoms with E-state index in [1.54, 1.807) is 0 Å². The molecule has 0 amide bonds. The fourth-order valence-electron chi connectivity index (χ4n) is 2.36. The molecule has 2 aromatic rings. The first-order valence-electron chi connectivity index (χ1n) is 7.31. The summed E-state index contributed by atoms with van der Waals surface area (Å²) in [6.07, 6.45) is 1.07. The Morgan fingerprint density at radius 1 is 1.05 bits per heavy atom. The van der Waals surface area contributed by atoms with Crippen molar-refractivity contribution in [2.24, 2.45) is 5.92 Å². The van der Waals surface area contributed by atoms with E-state index in [0.29, 0.717) is 10.9 Å². The Morgan fingerprint density at radius 3 is 2.29 bits per heavy atom. The Morgan fingerprint density at radius 2 is 1.71 bits per heavy atom. The standard InChI is InChI=1S/C18H22ClNO/c1-13(2)11-14-7-9-15(10-8-14)18(12-21)20-17-6-4-3-5-16(17)19/h3-10,13,18,20-21H,11-12H2,1-2H3. The van der Waals surface area contributed by atoms with Crippen LogP contribution in [0.1, 0.15) is 31.0 Å². The van der Waals surface area contributed by atoms with Gasteiger partial charge in [0.2, 0.25) is 0 Å². The average molecular weight is 304 g/mol. The number of nitrogens with one attached hydrogen (secondary N) is 1. The minimum atomic E-state index is -0.155. The molecule has 0 saturated carbocycles. The van der Waals surface area contributed by atoms with Gasteiger partial charge in [-0.3, -0.25) is 0 Å². The highest BCUT2D eigenvalue weighted by molar-refractivity contribution is 6.33. The molecule has 1 atom stereocenters. The molecule has 0 saturated heterocycles. The summed E-state index contributed by atoms with van der Waals surface area (Å²) in [6.45, 7) is 4.45. The molecule has 0 aromatic heterocycles. The molecule has 21 heavy (non-hydrogen) atoms. The second-order valence-electron chi connectivity index (χ2n) is 5.70. The Bertz CT molecular complexity index is 566. The Balaban J connectivity index is 2.12. The van der Waals surface area contributed by atoms with Crippen LogP contribution in [0.15, 0.2) is 48.5 Å². The van der Waals surface area contributed by atoms with Crippen LogP contribution in [0.4, 0.5) is 5.69 Å². The molecule has 0 aliphatic heterocycles. The maximum Gasteiger partial charge on any atom is 0.0745 e. The SMILES string of the molecule is CC(C)Cc1ccc(C(CO)Nc2ccccc2Cl)cc1. The largest absolute Gasteiger partial charge is 0.394 e. The summed E-state index contributed by atoms with van der Waals surface area (Å²) >= 11 is 6.15. The molecule has 2 rings (SSSR count). The van der Waals surface area contributed by atoms with Crippen LogP contribution in [-0.2, 0) is 6.42 Å². The van der Waals surface area contributed by atoms with Gasteiger partial charge in [0.15, 0.2) is 0 Å². The summed E-state index contributed by atoms with van der Waals surface area (Å²) in [6, 6.07) is 15.8. The van der Waals surface area contributed by atoms with Crippen molar-refractivity contribution >= 4 is 17.3 Å². The van der Waals surface area contributed by atoms with Crippen molar-refractivity contribution in [3.8, 4) is 0 Å². The number of hydrogen-bond acceptors (Lipinski definition) is 2. The molecular formula is C18H22ClNO. The van der Waals surface area contributed by atoms with Crippen molar-refractivity contribution in [1.82, 2.24) is 0 Å². The zero-order valence-electron chi connectivity index (χ0n) is 12.5. The molecule has 0 radical (unpaired) electrons. The Kier molecular flexibility index (Phi) is 5.66. The Hall–Kier alpha value is -1.51. The highest BCUT2D eigenvalue weighted by Crippen LogP contribution is 2.26. The molecule has 0 bridgehead atoms. The van der Waals surface area contributed by atoms with E-state index in [1.807, 2.05) is 24.3 Å². The van der Waals surface area contributed by atoms with Gasteiger partial charge in [-0.05, 0) is 35.6 Å². The molecule has 2 N–H and O–H groups in total. The van der Waals surface area contributed by atoms with E-state index < -0.39 is 0 Å². The quantitative estimate of drug-likeness (QED) is 0.812. The van der Waals surface area contributed by atoms with Gasteiger partial charge in [0.1, 0.15) is 0 Å². The van der Waals surface area contributed by atoms with Gasteiger partial charge in [0.25, 0.3) is 0 Å². The first-order valence-corrected chi connectivity index (χ1v) is 7.68. The van der Waals surface area contributed by atoms with Crippen LogP contribution < -0.4 is 5.32 Å². The van der Waals surface area contributed by atoms with Gasteiger partial charge in [-0.25, -0.2) is 0 Å². The third-order valence-corrected chi connectivity index (χ3v) is 3.74. The van der Waals surface area contributed by atoms with Crippen molar-refractivity contribution in [2.75, 3.05) is 11.9 Å². The normalized spacial score (nSPS) is 12.4. The molecule has 2 nitrogen and oxygen atoms in total. The van der Waals surface area contributed by atoms with E-state index in [-0.39, 0.29) is 12.6 Å². The van der Waals surface area contributed by atoms with Crippen molar-refractivity contribution in [1.29, 1.82) is 0 Å². The lowest BCUT2D eigenvalue weighted by Gasteiger charge is -2.19. The molecule has 0 heterocycles. The first kappa shape index (κ1) is 15.9. The summed E-state index contributed by atoms with van der Waals surface area (Å²) in [5, 5.41) is 13.6. The molecule has 1 unspecified atom stereocenters. The second-order valence-corrected chi connectivity index (χ2v) is 6.11. The Labute approximate surface area is 131 Å². The molecular weight excluding hydrogens is 282 g/mol. The molecule has 0 aliphatic rings. The summed E-state index contributed by atoms with van der Waals surface area (Å²) in [5.74, 6) is 0.644. The summed E-state index contributed by atoms with van der Waals surface area (Å²) in [5.41, 5.74) is 3.22. The van der Waals surface area contributed by atoms with Gasteiger partial charge in [0, 0.05) is 0 Å². The van der Waals surface area contributed by atoms with Crippen LogP contribution >= 0.6 is 11.6 Å². The van der Waals surface area contributed by atoms with Crippen LogP contribution in [0, 0.1) is 5.92 Å².